The van der Waals surface area contributed by atoms with Gasteiger partial charge in [0.25, 0.3) is 0 Å². The molecule has 0 heterocycles. The molecule has 0 aliphatic heterocycles. The molecule has 0 unspecified atom stereocenters. The second-order valence-electron chi connectivity index (χ2n) is 20.1. The number of carbonyl (C=O) groups excluding carboxylic acids is 6. The van der Waals surface area contributed by atoms with Crippen LogP contribution in [0.1, 0.15) is 107 Å². The van der Waals surface area contributed by atoms with E-state index in [1.54, 1.807) is 72.8 Å². The Morgan fingerprint density at radius 2 is 0.380 bits per heavy atom. The molecule has 0 spiro atoms. The molecule has 0 N–H and O–H groups in total. The summed E-state index contributed by atoms with van der Waals surface area (Å²) in [5.41, 5.74) is 16.8. The summed E-state index contributed by atoms with van der Waals surface area (Å²) < 4.78 is 31.4. The highest BCUT2D eigenvalue weighted by atomic mass is 35.6. The minimum absolute atomic E-state index is 0.347. The normalized spacial score (nSPS) is 12.8. The number of ether oxygens (including phenoxy) is 6. The van der Waals surface area contributed by atoms with E-state index in [2.05, 4.69) is 36.4 Å². The van der Waals surface area contributed by atoms with Crippen molar-refractivity contribution >= 4 is 142 Å². The number of rotatable bonds is 18. The van der Waals surface area contributed by atoms with Gasteiger partial charge in [-0.15, -0.1) is 0 Å². The fourth-order valence-electron chi connectivity index (χ4n) is 11.8. The second-order valence-corrected chi connectivity index (χ2v) is 26.1. The monoisotopic (exact) mass is 1410 g/mol. The van der Waals surface area contributed by atoms with Crippen LogP contribution in [0.25, 0.3) is 66.8 Å². The largest absolute Gasteiger partial charge is 0.496 e. The maximum atomic E-state index is 12.7. The van der Waals surface area contributed by atoms with Crippen molar-refractivity contribution in [2.24, 2.45) is 0 Å². The van der Waals surface area contributed by atoms with Gasteiger partial charge in [-0.25, -0.2) is 0 Å². The Balaban J connectivity index is 0.000000836. The van der Waals surface area contributed by atoms with Gasteiger partial charge in [0.2, 0.25) is 0 Å². The van der Waals surface area contributed by atoms with E-state index in [4.69, 9.17) is 133 Å². The molecule has 0 radical (unpaired) electrons. The molecule has 12 rings (SSSR count). The van der Waals surface area contributed by atoms with Crippen molar-refractivity contribution in [1.82, 2.24) is 0 Å². The molecule has 2 bridgehead atoms. The van der Waals surface area contributed by atoms with Crippen LogP contribution >= 0.6 is 104 Å². The summed E-state index contributed by atoms with van der Waals surface area (Å²) in [7, 11) is 9.08. The second kappa shape index (κ2) is 31.8. The lowest BCUT2D eigenvalue weighted by Gasteiger charge is -2.44. The quantitative estimate of drug-likeness (QED) is 0.0592. The first-order valence-corrected chi connectivity index (χ1v) is 31.3. The first-order valence-electron chi connectivity index (χ1n) is 27.4. The maximum Gasteiger partial charge on any atom is 0.180 e. The Kier molecular flexibility index (Phi) is 24.3. The van der Waals surface area contributed by atoms with Gasteiger partial charge in [-0.1, -0.05) is 141 Å². The van der Waals surface area contributed by atoms with Crippen molar-refractivity contribution in [1.29, 1.82) is 0 Å². The number of hydrogen-bond acceptors (Lipinski definition) is 12. The summed E-state index contributed by atoms with van der Waals surface area (Å²) in [4.78, 5) is 76.2. The van der Waals surface area contributed by atoms with Crippen LogP contribution in [-0.4, -0.2) is 93.3 Å². The molecular formula is C71H53Cl9O12. The van der Waals surface area contributed by atoms with Crippen LogP contribution in [0.3, 0.4) is 0 Å². The van der Waals surface area contributed by atoms with E-state index in [1.165, 1.54) is 42.7 Å². The fourth-order valence-corrected chi connectivity index (χ4v) is 11.8. The topological polar surface area (TPSA) is 158 Å². The van der Waals surface area contributed by atoms with Crippen molar-refractivity contribution < 1.29 is 57.2 Å². The van der Waals surface area contributed by atoms with Gasteiger partial charge in [0.05, 0.1) is 76.0 Å². The Morgan fingerprint density at radius 1 is 0.250 bits per heavy atom. The summed E-state index contributed by atoms with van der Waals surface area (Å²) in [5, 5.41) is 0. The van der Waals surface area contributed by atoms with E-state index < -0.39 is 24.7 Å². The van der Waals surface area contributed by atoms with Crippen molar-refractivity contribution in [3.8, 4) is 101 Å². The smallest absolute Gasteiger partial charge is 0.180 e. The Morgan fingerprint density at radius 3 is 0.489 bits per heavy atom. The number of carbonyl (C=O) groups is 6. The zero-order valence-corrected chi connectivity index (χ0v) is 56.3. The molecule has 0 fully saturated rings. The highest BCUT2D eigenvalue weighted by Gasteiger charge is 2.44. The van der Waals surface area contributed by atoms with Gasteiger partial charge < -0.3 is 28.4 Å². The maximum absolute atomic E-state index is 12.7. The number of halogens is 9. The molecular weight excluding hydrogens is 1360 g/mol. The molecule has 21 heteroatoms. The number of aldehydes is 6. The summed E-state index contributed by atoms with van der Waals surface area (Å²) in [6, 6.07) is 45.9. The lowest BCUT2D eigenvalue weighted by Crippen LogP contribution is -2.28. The minimum atomic E-state index is -0.750. The number of methoxy groups -OCH3 is 6. The first-order chi connectivity index (χ1) is 44.3. The van der Waals surface area contributed by atoms with Crippen LogP contribution in [0.4, 0.5) is 0 Å². The summed E-state index contributed by atoms with van der Waals surface area (Å²) >= 11 is 43.3. The van der Waals surface area contributed by atoms with Crippen LogP contribution < -0.4 is 28.4 Å². The lowest BCUT2D eigenvalue weighted by molar-refractivity contribution is 0.111. The molecule has 0 aromatic heterocycles. The SMILES string of the molecule is COc1ccc(-c2cc3c(cc2-c2ccc(OC)c(C=O)c2)C2c4cc(-c5ccc(OC)c(C=O)c5)c(-c5ccc(OC)c(C=O)c5)cc4C3c3cc(-c4ccc(OC)c(C=O)c4)c(-c4ccc(OC)c(C=O)c4)cc32)cc1C=O.ClC(Cl)Cl.ClC(Cl)Cl.ClC(Cl)Cl. The molecule has 12 nitrogen and oxygen atoms in total. The van der Waals surface area contributed by atoms with Crippen LogP contribution in [0.5, 0.6) is 34.5 Å². The predicted molar refractivity (Wildman–Crippen MR) is 370 cm³/mol. The van der Waals surface area contributed by atoms with Gasteiger partial charge in [0, 0.05) is 11.8 Å². The van der Waals surface area contributed by atoms with Crippen LogP contribution in [0.2, 0.25) is 0 Å². The third-order valence-corrected chi connectivity index (χ3v) is 15.5. The summed E-state index contributed by atoms with van der Waals surface area (Å²) in [5.74, 6) is 1.47. The molecule has 9 aromatic carbocycles. The third-order valence-electron chi connectivity index (χ3n) is 15.5. The summed E-state index contributed by atoms with van der Waals surface area (Å²) in [6.07, 6.45) is 4.57. The van der Waals surface area contributed by atoms with E-state index >= 15 is 0 Å². The Labute approximate surface area is 575 Å². The standard InChI is InChI=1S/C68H50O12.3CHCl3/c1-75-61-13-7-37(19-43(61)31-69)49-25-55-56(26-50(49)38-8-14-62(76-2)44(20-38)32-70)68-59-29-53(41-11-17-65(79-5)47(23-41)35-73)51(39-9-15-63(77-3)45(21-39)33-71)27-57(59)67(55)58-28-52(40-10-16-64(78-4)46(22-40)34-72)54(30-60(58)68)42-12-18-66(80-6)48(24-42)36-74;3*2-1(3)4/h7-36,67-68H,1-6H3;3*1H. The van der Waals surface area contributed by atoms with E-state index in [9.17, 15) is 28.8 Å². The Hall–Kier alpha value is -7.59. The number of alkyl halides is 9. The molecule has 3 aliphatic rings. The van der Waals surface area contributed by atoms with E-state index in [0.29, 0.717) is 67.9 Å². The van der Waals surface area contributed by atoms with Crippen molar-refractivity contribution in [2.45, 2.75) is 24.7 Å². The minimum Gasteiger partial charge on any atom is -0.496 e. The van der Waals surface area contributed by atoms with Crippen molar-refractivity contribution in [2.75, 3.05) is 42.7 Å². The molecule has 0 saturated carbocycles. The number of benzene rings is 9. The predicted octanol–water partition coefficient (Wildman–Crippen LogP) is 19.6. The van der Waals surface area contributed by atoms with Crippen LogP contribution in [0, 0.1) is 0 Å². The van der Waals surface area contributed by atoms with Crippen LogP contribution in [-0.2, 0) is 0 Å². The van der Waals surface area contributed by atoms with E-state index in [0.717, 1.165) is 138 Å². The lowest BCUT2D eigenvalue weighted by atomic mass is 9.59. The molecule has 472 valence electrons. The molecule has 0 atom stereocenters. The first kappa shape index (κ1) is 70.3. The van der Waals surface area contributed by atoms with Gasteiger partial charge in [-0.05, 0) is 209 Å². The number of hydrogen-bond donors (Lipinski definition) is 0. The van der Waals surface area contributed by atoms with Gasteiger partial charge in [0.1, 0.15) is 34.5 Å². The average Bonchev–Trinajstić information content (AvgIpc) is 0.689. The Bertz CT molecular complexity index is 3590. The van der Waals surface area contributed by atoms with Gasteiger partial charge >= 0.3 is 0 Å². The highest BCUT2D eigenvalue weighted by Crippen LogP contribution is 2.61. The van der Waals surface area contributed by atoms with Crippen LogP contribution in [0.15, 0.2) is 146 Å². The zero-order valence-electron chi connectivity index (χ0n) is 49.5. The van der Waals surface area contributed by atoms with Crippen molar-refractivity contribution in [3.05, 3.63) is 212 Å². The molecule has 9 aromatic rings. The van der Waals surface area contributed by atoms with E-state index in [-0.39, 0.29) is 0 Å². The highest BCUT2D eigenvalue weighted by molar-refractivity contribution is 6.63. The molecule has 92 heavy (non-hydrogen) atoms. The molecule has 0 amide bonds. The van der Waals surface area contributed by atoms with Crippen molar-refractivity contribution in [3.63, 3.8) is 0 Å². The third kappa shape index (κ3) is 15.1. The average molecular weight is 1420 g/mol. The van der Waals surface area contributed by atoms with Gasteiger partial charge in [-0.2, -0.15) is 0 Å². The zero-order chi connectivity index (χ0) is 66.7. The fraction of sp³-hybridized carbons (Fsp3) is 0.155. The van der Waals surface area contributed by atoms with Gasteiger partial charge in [0.15, 0.2) is 50.6 Å². The van der Waals surface area contributed by atoms with E-state index in [1.807, 2.05) is 36.4 Å². The summed E-state index contributed by atoms with van der Waals surface area (Å²) in [6.45, 7) is 0. The van der Waals surface area contributed by atoms with Gasteiger partial charge in [-0.3, -0.25) is 28.8 Å². The molecule has 0 saturated heterocycles. The molecule has 3 aliphatic carbocycles.